The topological polar surface area (TPSA) is 58.6 Å². The van der Waals surface area contributed by atoms with Gasteiger partial charge in [0.25, 0.3) is 0 Å². The number of fused-ring (bicyclic) bond motifs is 2. The molecule has 5 nitrogen and oxygen atoms in total. The molecule has 2 bridgehead atoms. The number of hydrogen-bond acceptors (Lipinski definition) is 4. The number of nitrogens with one attached hydrogen (secondary N) is 1. The van der Waals surface area contributed by atoms with Crippen molar-refractivity contribution in [2.45, 2.75) is 45.7 Å². The predicted octanol–water partition coefficient (Wildman–Crippen LogP) is 2.63. The fourth-order valence-electron chi connectivity index (χ4n) is 5.95. The molecule has 2 saturated carbocycles. The van der Waals surface area contributed by atoms with Crippen LogP contribution in [0.15, 0.2) is 30.3 Å². The Kier molecular flexibility index (Phi) is 5.12. The molecule has 1 aromatic carbocycles. The van der Waals surface area contributed by atoms with Crippen molar-refractivity contribution in [3.05, 3.63) is 35.9 Å². The largest absolute Gasteiger partial charge is 0.379 e. The number of morpholine rings is 1. The van der Waals surface area contributed by atoms with E-state index in [1.807, 2.05) is 30.3 Å². The van der Waals surface area contributed by atoms with Crippen molar-refractivity contribution in [1.82, 2.24) is 9.62 Å². The summed E-state index contributed by atoms with van der Waals surface area (Å²) in [4.78, 5) is 2.51. The Morgan fingerprint density at radius 3 is 2.56 bits per heavy atom. The van der Waals surface area contributed by atoms with Gasteiger partial charge in [-0.3, -0.25) is 4.90 Å². The van der Waals surface area contributed by atoms with Crippen LogP contribution in [0.1, 0.15) is 38.7 Å². The summed E-state index contributed by atoms with van der Waals surface area (Å²) in [7, 11) is -3.36. The molecule has 27 heavy (non-hydrogen) atoms. The Morgan fingerprint density at radius 1 is 1.19 bits per heavy atom. The molecule has 2 aliphatic carbocycles. The number of hydrogen-bond donors (Lipinski definition) is 1. The summed E-state index contributed by atoms with van der Waals surface area (Å²) in [5, 5.41) is 0. The Labute approximate surface area is 163 Å². The minimum atomic E-state index is -3.36. The average molecular weight is 393 g/mol. The summed E-state index contributed by atoms with van der Waals surface area (Å²) >= 11 is 0. The van der Waals surface area contributed by atoms with E-state index in [0.29, 0.717) is 18.5 Å². The van der Waals surface area contributed by atoms with Crippen LogP contribution in [0.3, 0.4) is 0 Å². The van der Waals surface area contributed by atoms with E-state index < -0.39 is 10.0 Å². The van der Waals surface area contributed by atoms with Crippen LogP contribution in [0.4, 0.5) is 0 Å². The van der Waals surface area contributed by atoms with Crippen molar-refractivity contribution in [3.63, 3.8) is 0 Å². The SMILES string of the molecule is CC1(C)C2CCC1(CS(=O)(=O)NCc1ccccc1)C(N1CCOCC1)C2. The molecule has 3 aliphatic rings. The average Bonchev–Trinajstić information content (AvgIpc) is 3.02. The molecule has 1 N–H and O–H groups in total. The second-order valence-electron chi connectivity index (χ2n) is 9.08. The van der Waals surface area contributed by atoms with Crippen LogP contribution in [0, 0.1) is 16.7 Å². The number of benzene rings is 1. The number of sulfonamides is 1. The third-order valence-corrected chi connectivity index (χ3v) is 9.14. The first-order valence-corrected chi connectivity index (χ1v) is 11.8. The van der Waals surface area contributed by atoms with Crippen LogP contribution < -0.4 is 4.72 Å². The zero-order chi connectivity index (χ0) is 19.1. The van der Waals surface area contributed by atoms with Gasteiger partial charge in [0.05, 0.1) is 19.0 Å². The molecular formula is C21H32N2O3S. The van der Waals surface area contributed by atoms with Gasteiger partial charge in [-0.05, 0) is 36.2 Å². The van der Waals surface area contributed by atoms with E-state index in [9.17, 15) is 8.42 Å². The lowest BCUT2D eigenvalue weighted by molar-refractivity contribution is -0.0257. The van der Waals surface area contributed by atoms with E-state index in [1.165, 1.54) is 0 Å². The molecule has 4 rings (SSSR count). The lowest BCUT2D eigenvalue weighted by atomic mass is 9.68. The Bertz CT molecular complexity index is 759. The third kappa shape index (κ3) is 3.46. The van der Waals surface area contributed by atoms with Gasteiger partial charge in [0, 0.05) is 31.1 Å². The minimum Gasteiger partial charge on any atom is -0.379 e. The highest BCUT2D eigenvalue weighted by molar-refractivity contribution is 7.89. The van der Waals surface area contributed by atoms with Crippen LogP contribution in [0.5, 0.6) is 0 Å². The summed E-state index contributed by atoms with van der Waals surface area (Å²) in [6.07, 6.45) is 3.29. The van der Waals surface area contributed by atoms with Crippen molar-refractivity contribution < 1.29 is 13.2 Å². The highest BCUT2D eigenvalue weighted by Gasteiger charge is 2.66. The van der Waals surface area contributed by atoms with Crippen LogP contribution in [0.2, 0.25) is 0 Å². The van der Waals surface area contributed by atoms with Crippen LogP contribution >= 0.6 is 0 Å². The summed E-state index contributed by atoms with van der Waals surface area (Å²) in [6.45, 7) is 8.34. The first-order valence-electron chi connectivity index (χ1n) is 10.2. The smallest absolute Gasteiger partial charge is 0.212 e. The second-order valence-corrected chi connectivity index (χ2v) is 10.9. The normalized spacial score (nSPS) is 33.4. The van der Waals surface area contributed by atoms with E-state index >= 15 is 0 Å². The molecule has 1 aliphatic heterocycles. The molecule has 3 atom stereocenters. The van der Waals surface area contributed by atoms with Gasteiger partial charge >= 0.3 is 0 Å². The quantitative estimate of drug-likeness (QED) is 0.809. The van der Waals surface area contributed by atoms with Crippen LogP contribution in [-0.4, -0.2) is 51.4 Å². The molecule has 0 amide bonds. The molecule has 3 unspecified atom stereocenters. The van der Waals surface area contributed by atoms with Gasteiger partial charge in [-0.2, -0.15) is 0 Å². The maximum atomic E-state index is 13.1. The van der Waals surface area contributed by atoms with Crippen molar-refractivity contribution in [3.8, 4) is 0 Å². The summed E-state index contributed by atoms with van der Waals surface area (Å²) in [5.74, 6) is 0.855. The van der Waals surface area contributed by atoms with E-state index in [4.69, 9.17) is 4.74 Å². The van der Waals surface area contributed by atoms with Crippen molar-refractivity contribution >= 4 is 10.0 Å². The standard InChI is InChI=1S/C21H32N2O3S/c1-20(2)18-8-9-21(20,19(14-18)23-10-12-26-13-11-23)16-27(24,25)22-15-17-6-4-3-5-7-17/h3-7,18-19,22H,8-16H2,1-2H3. The fraction of sp³-hybridized carbons (Fsp3) is 0.714. The Hall–Kier alpha value is -0.950. The van der Waals surface area contributed by atoms with Gasteiger partial charge in [0.1, 0.15) is 0 Å². The molecule has 1 heterocycles. The lowest BCUT2D eigenvalue weighted by Gasteiger charge is -2.47. The van der Waals surface area contributed by atoms with Gasteiger partial charge < -0.3 is 4.74 Å². The Balaban J connectivity index is 1.54. The molecular weight excluding hydrogens is 360 g/mol. The van der Waals surface area contributed by atoms with Crippen molar-refractivity contribution in [2.24, 2.45) is 16.7 Å². The molecule has 150 valence electrons. The molecule has 3 fully saturated rings. The van der Waals surface area contributed by atoms with E-state index in [0.717, 1.165) is 51.1 Å². The number of rotatable bonds is 6. The monoisotopic (exact) mass is 392 g/mol. The third-order valence-electron chi connectivity index (χ3n) is 7.66. The summed E-state index contributed by atoms with van der Waals surface area (Å²) in [5.41, 5.74) is 0.882. The first-order chi connectivity index (χ1) is 12.8. The van der Waals surface area contributed by atoms with Gasteiger partial charge in [-0.1, -0.05) is 44.2 Å². The van der Waals surface area contributed by atoms with Gasteiger partial charge in [0.15, 0.2) is 0 Å². The molecule has 0 radical (unpaired) electrons. The fourth-order valence-corrected chi connectivity index (χ4v) is 7.82. The lowest BCUT2D eigenvalue weighted by Crippen LogP contribution is -2.55. The van der Waals surface area contributed by atoms with E-state index in [1.54, 1.807) is 0 Å². The van der Waals surface area contributed by atoms with Crippen molar-refractivity contribution in [1.29, 1.82) is 0 Å². The van der Waals surface area contributed by atoms with Crippen LogP contribution in [0.25, 0.3) is 0 Å². The zero-order valence-electron chi connectivity index (χ0n) is 16.5. The molecule has 0 spiro atoms. The maximum Gasteiger partial charge on any atom is 0.212 e. The molecule has 1 saturated heterocycles. The minimum absolute atomic E-state index is 0.0530. The maximum absolute atomic E-state index is 13.1. The predicted molar refractivity (Wildman–Crippen MR) is 107 cm³/mol. The number of nitrogens with zero attached hydrogens (tertiary/aromatic N) is 1. The second kappa shape index (κ2) is 7.14. The summed E-state index contributed by atoms with van der Waals surface area (Å²) < 4.78 is 34.6. The zero-order valence-corrected chi connectivity index (χ0v) is 17.3. The molecule has 1 aromatic rings. The van der Waals surface area contributed by atoms with E-state index in [-0.39, 0.29) is 16.6 Å². The van der Waals surface area contributed by atoms with Crippen LogP contribution in [-0.2, 0) is 21.3 Å². The molecule has 6 heteroatoms. The Morgan fingerprint density at radius 2 is 1.89 bits per heavy atom. The first kappa shape index (κ1) is 19.4. The van der Waals surface area contributed by atoms with E-state index in [2.05, 4.69) is 23.5 Å². The number of ether oxygens (including phenoxy) is 1. The molecule has 0 aromatic heterocycles. The van der Waals surface area contributed by atoms with Gasteiger partial charge in [0.2, 0.25) is 10.0 Å². The van der Waals surface area contributed by atoms with Gasteiger partial charge in [-0.25, -0.2) is 13.1 Å². The highest BCUT2D eigenvalue weighted by Crippen LogP contribution is 2.67. The van der Waals surface area contributed by atoms with Crippen molar-refractivity contribution in [2.75, 3.05) is 32.1 Å². The summed E-state index contributed by atoms with van der Waals surface area (Å²) in [6, 6.07) is 10.1. The highest BCUT2D eigenvalue weighted by atomic mass is 32.2. The van der Waals surface area contributed by atoms with Gasteiger partial charge in [-0.15, -0.1) is 0 Å².